The van der Waals surface area contributed by atoms with Gasteiger partial charge in [-0.2, -0.15) is 0 Å². The summed E-state index contributed by atoms with van der Waals surface area (Å²) in [6, 6.07) is 12.5. The fourth-order valence-corrected chi connectivity index (χ4v) is 1.18. The van der Waals surface area contributed by atoms with Crippen LogP contribution < -0.4 is 9.31 Å². The van der Waals surface area contributed by atoms with E-state index in [0.29, 0.717) is 11.5 Å². The Morgan fingerprint density at radius 3 is 1.35 bits per heavy atom. The van der Waals surface area contributed by atoms with Gasteiger partial charge in [-0.05, 0) is 48.5 Å². The Labute approximate surface area is 99.4 Å². The molecule has 0 atom stereocenters. The predicted octanol–water partition coefficient (Wildman–Crippen LogP) is 2.09. The van der Waals surface area contributed by atoms with Gasteiger partial charge in [0.1, 0.15) is 23.0 Å². The lowest BCUT2D eigenvalue weighted by Crippen LogP contribution is -2.10. The lowest BCUT2D eigenvalue weighted by atomic mass is 10.3. The summed E-state index contributed by atoms with van der Waals surface area (Å²) in [5, 5.41) is 18.1. The molecular weight excluding hydrogens is 219 g/mol. The molecule has 1 radical (unpaired) electrons. The van der Waals surface area contributed by atoms with Gasteiger partial charge in [-0.15, -0.1) is 0 Å². The van der Waals surface area contributed by atoms with Gasteiger partial charge in [0.15, 0.2) is 0 Å². The summed E-state index contributed by atoms with van der Waals surface area (Å²) in [5.74, 6) is 1.47. The molecule has 0 aliphatic carbocycles. The Hall–Kier alpha value is -2.30. The van der Waals surface area contributed by atoms with Gasteiger partial charge < -0.3 is 19.5 Å². The van der Waals surface area contributed by atoms with Crippen molar-refractivity contribution in [3.8, 4) is 23.0 Å². The van der Waals surface area contributed by atoms with Crippen molar-refractivity contribution in [1.82, 2.24) is 0 Å². The zero-order chi connectivity index (χ0) is 12.1. The second-order valence-corrected chi connectivity index (χ2v) is 3.32. The van der Waals surface area contributed by atoms with E-state index in [0.717, 1.165) is 0 Å². The highest BCUT2D eigenvalue weighted by molar-refractivity contribution is 6.20. The molecule has 0 aliphatic rings. The molecule has 2 aromatic carbocycles. The van der Waals surface area contributed by atoms with Crippen LogP contribution >= 0.6 is 0 Å². The molecule has 0 aliphatic heterocycles. The lowest BCUT2D eigenvalue weighted by Gasteiger charge is -2.06. The number of phenolic OH excluding ortho intramolecular Hbond substituents is 2. The van der Waals surface area contributed by atoms with Crippen LogP contribution in [0.1, 0.15) is 0 Å². The molecule has 0 fully saturated rings. The maximum absolute atomic E-state index is 9.07. The van der Waals surface area contributed by atoms with Crippen LogP contribution in [0.4, 0.5) is 0 Å². The van der Waals surface area contributed by atoms with Gasteiger partial charge in [0.25, 0.3) is 0 Å². The minimum absolute atomic E-state index is 0.178. The average Bonchev–Trinajstić information content (AvgIpc) is 2.34. The van der Waals surface area contributed by atoms with Gasteiger partial charge in [-0.25, -0.2) is 0 Å². The monoisotopic (exact) mass is 229 g/mol. The van der Waals surface area contributed by atoms with Crippen molar-refractivity contribution < 1.29 is 19.5 Å². The van der Waals surface area contributed by atoms with Crippen molar-refractivity contribution in [3.63, 3.8) is 0 Å². The van der Waals surface area contributed by atoms with E-state index < -0.39 is 0 Å². The fourth-order valence-electron chi connectivity index (χ4n) is 1.18. The Morgan fingerprint density at radius 1 is 0.647 bits per heavy atom. The average molecular weight is 229 g/mol. The minimum Gasteiger partial charge on any atom is -0.526 e. The standard InChI is InChI=1S/C12H10BO4/c14-9-1-5-11(6-2-9)16-13-17-12-7-3-10(15)4-8-12/h1-8,14-15H. The molecular formula is C12H10BO4. The van der Waals surface area contributed by atoms with Crippen LogP contribution in [-0.2, 0) is 0 Å². The number of phenols is 2. The molecule has 2 N–H and O–H groups in total. The predicted molar refractivity (Wildman–Crippen MR) is 63.2 cm³/mol. The normalized spacial score (nSPS) is 9.65. The maximum atomic E-state index is 9.07. The second kappa shape index (κ2) is 5.16. The minimum atomic E-state index is 0.178. The molecule has 0 saturated heterocycles. The van der Waals surface area contributed by atoms with Crippen molar-refractivity contribution in [2.24, 2.45) is 0 Å². The summed E-state index contributed by atoms with van der Waals surface area (Å²) < 4.78 is 10.3. The molecule has 85 valence electrons. The third-order valence-corrected chi connectivity index (χ3v) is 2.04. The molecule has 0 amide bonds. The van der Waals surface area contributed by atoms with Crippen molar-refractivity contribution in [2.75, 3.05) is 0 Å². The SMILES string of the molecule is Oc1ccc(O[B]Oc2ccc(O)cc2)cc1. The molecule has 0 aromatic heterocycles. The van der Waals surface area contributed by atoms with Gasteiger partial charge in [-0.3, -0.25) is 0 Å². The highest BCUT2D eigenvalue weighted by Crippen LogP contribution is 2.17. The van der Waals surface area contributed by atoms with Crippen LogP contribution in [-0.4, -0.2) is 17.9 Å². The summed E-state index contributed by atoms with van der Waals surface area (Å²) in [6.07, 6.45) is 0. The van der Waals surface area contributed by atoms with E-state index >= 15 is 0 Å². The summed E-state index contributed by atoms with van der Waals surface area (Å²) in [6.45, 7) is 0. The van der Waals surface area contributed by atoms with Crippen molar-refractivity contribution in [1.29, 1.82) is 0 Å². The fraction of sp³-hybridized carbons (Fsp3) is 0. The van der Waals surface area contributed by atoms with E-state index in [-0.39, 0.29) is 11.5 Å². The number of benzene rings is 2. The third kappa shape index (κ3) is 3.34. The number of aromatic hydroxyl groups is 2. The highest BCUT2D eigenvalue weighted by Gasteiger charge is 2.01. The zero-order valence-corrected chi connectivity index (χ0v) is 8.91. The van der Waals surface area contributed by atoms with Gasteiger partial charge in [0.05, 0.1) is 0 Å². The van der Waals surface area contributed by atoms with Crippen LogP contribution in [0, 0.1) is 0 Å². The Balaban J connectivity index is 1.83. The molecule has 0 unspecified atom stereocenters. The summed E-state index contributed by atoms with van der Waals surface area (Å²) in [5.41, 5.74) is 0. The van der Waals surface area contributed by atoms with E-state index in [1.807, 2.05) is 0 Å². The number of rotatable bonds is 4. The molecule has 0 saturated carbocycles. The van der Waals surface area contributed by atoms with Crippen LogP contribution in [0.3, 0.4) is 0 Å². The molecule has 5 heteroatoms. The highest BCUT2D eigenvalue weighted by atomic mass is 16.6. The molecule has 2 rings (SSSR count). The van der Waals surface area contributed by atoms with Gasteiger partial charge in [0.2, 0.25) is 0 Å². The van der Waals surface area contributed by atoms with Gasteiger partial charge >= 0.3 is 7.69 Å². The Kier molecular flexibility index (Phi) is 3.40. The quantitative estimate of drug-likeness (QED) is 0.788. The Morgan fingerprint density at radius 2 is 1.00 bits per heavy atom. The number of hydrogen-bond acceptors (Lipinski definition) is 4. The van der Waals surface area contributed by atoms with Crippen LogP contribution in [0.2, 0.25) is 0 Å². The zero-order valence-electron chi connectivity index (χ0n) is 8.91. The number of hydrogen-bond donors (Lipinski definition) is 2. The summed E-state index contributed by atoms with van der Waals surface area (Å²) >= 11 is 0. The van der Waals surface area contributed by atoms with Crippen molar-refractivity contribution in [2.45, 2.75) is 0 Å². The van der Waals surface area contributed by atoms with E-state index in [1.54, 1.807) is 24.3 Å². The largest absolute Gasteiger partial charge is 0.658 e. The smallest absolute Gasteiger partial charge is 0.526 e. The molecule has 2 aromatic rings. The van der Waals surface area contributed by atoms with E-state index in [2.05, 4.69) is 0 Å². The lowest BCUT2D eigenvalue weighted by molar-refractivity contribution is 0.450. The molecule has 0 heterocycles. The molecule has 0 bridgehead atoms. The Bertz CT molecular complexity index is 421. The second-order valence-electron chi connectivity index (χ2n) is 3.32. The van der Waals surface area contributed by atoms with Crippen LogP contribution in [0.15, 0.2) is 48.5 Å². The first kappa shape index (κ1) is 11.2. The summed E-state index contributed by atoms with van der Waals surface area (Å²) in [4.78, 5) is 0. The van der Waals surface area contributed by atoms with Gasteiger partial charge in [-0.1, -0.05) is 0 Å². The maximum Gasteiger partial charge on any atom is 0.658 e. The van der Waals surface area contributed by atoms with Crippen molar-refractivity contribution in [3.05, 3.63) is 48.5 Å². The van der Waals surface area contributed by atoms with E-state index in [9.17, 15) is 0 Å². The van der Waals surface area contributed by atoms with Gasteiger partial charge in [0, 0.05) is 0 Å². The third-order valence-electron chi connectivity index (χ3n) is 2.04. The topological polar surface area (TPSA) is 58.9 Å². The van der Waals surface area contributed by atoms with Crippen LogP contribution in [0.5, 0.6) is 23.0 Å². The first-order chi connectivity index (χ1) is 8.24. The molecule has 17 heavy (non-hydrogen) atoms. The first-order valence-electron chi connectivity index (χ1n) is 4.97. The van der Waals surface area contributed by atoms with E-state index in [1.165, 1.54) is 32.0 Å². The summed E-state index contributed by atoms with van der Waals surface area (Å²) in [7, 11) is 1.18. The molecule has 4 nitrogen and oxygen atoms in total. The first-order valence-corrected chi connectivity index (χ1v) is 4.97. The molecule has 0 spiro atoms. The van der Waals surface area contributed by atoms with E-state index in [4.69, 9.17) is 19.5 Å². The van der Waals surface area contributed by atoms with Crippen molar-refractivity contribution >= 4 is 7.69 Å². The van der Waals surface area contributed by atoms with Crippen LogP contribution in [0.25, 0.3) is 0 Å².